The number of nitrogens with zero attached hydrogens (tertiary/aromatic N) is 2. The number of hydrogen-bond donors (Lipinski definition) is 1. The second kappa shape index (κ2) is 3.52. The minimum absolute atomic E-state index is 0.0422. The number of likely N-dealkylation sites (tertiary alicyclic amines) is 1. The van der Waals surface area contributed by atoms with Gasteiger partial charge in [0.05, 0.1) is 5.71 Å². The van der Waals surface area contributed by atoms with Crippen molar-refractivity contribution in [2.24, 2.45) is 11.1 Å². The minimum atomic E-state index is -0.989. The van der Waals surface area contributed by atoms with Gasteiger partial charge >= 0.3 is 5.97 Å². The van der Waals surface area contributed by atoms with Gasteiger partial charge in [-0.25, -0.2) is 4.79 Å². The van der Waals surface area contributed by atoms with E-state index in [1.807, 2.05) is 0 Å². The van der Waals surface area contributed by atoms with Gasteiger partial charge in [0, 0.05) is 32.4 Å². The summed E-state index contributed by atoms with van der Waals surface area (Å²) in [6, 6.07) is 0. The Balaban J connectivity index is 1.84. The van der Waals surface area contributed by atoms with Crippen LogP contribution in [-0.2, 0) is 14.4 Å². The lowest BCUT2D eigenvalue weighted by atomic mass is 9.91. The third kappa shape index (κ3) is 1.79. The second-order valence-corrected chi connectivity index (χ2v) is 3.84. The van der Waals surface area contributed by atoms with Crippen LogP contribution in [0.5, 0.6) is 0 Å². The van der Waals surface area contributed by atoms with Crippen LogP contribution in [0.15, 0.2) is 5.16 Å². The van der Waals surface area contributed by atoms with Crippen molar-refractivity contribution in [3.63, 3.8) is 0 Å². The quantitative estimate of drug-likeness (QED) is 0.681. The highest BCUT2D eigenvalue weighted by atomic mass is 16.7. The molecule has 0 spiro atoms. The number of hydrogen-bond acceptors (Lipinski definition) is 4. The van der Waals surface area contributed by atoms with Gasteiger partial charge in [-0.3, -0.25) is 4.79 Å². The Morgan fingerprint density at radius 2 is 2.20 bits per heavy atom. The van der Waals surface area contributed by atoms with Crippen LogP contribution in [0.2, 0.25) is 0 Å². The summed E-state index contributed by atoms with van der Waals surface area (Å²) in [5, 5.41) is 12.4. The zero-order valence-electron chi connectivity index (χ0n) is 8.34. The van der Waals surface area contributed by atoms with Gasteiger partial charge in [-0.2, -0.15) is 0 Å². The van der Waals surface area contributed by atoms with Crippen molar-refractivity contribution in [3.05, 3.63) is 0 Å². The smallest absolute Gasteiger partial charge is 0.348 e. The highest BCUT2D eigenvalue weighted by Crippen LogP contribution is 2.24. The lowest BCUT2D eigenvalue weighted by Gasteiger charge is -2.38. The van der Waals surface area contributed by atoms with E-state index in [1.165, 1.54) is 6.92 Å². The third-order valence-corrected chi connectivity index (χ3v) is 2.77. The first kappa shape index (κ1) is 9.95. The lowest BCUT2D eigenvalue weighted by Crippen LogP contribution is -2.52. The summed E-state index contributed by atoms with van der Waals surface area (Å²) in [6.07, 6.45) is -0.502. The maximum Gasteiger partial charge on any atom is 0.348 e. The molecule has 1 unspecified atom stereocenters. The first-order valence-corrected chi connectivity index (χ1v) is 4.79. The Kier molecular flexibility index (Phi) is 2.34. The van der Waals surface area contributed by atoms with E-state index in [4.69, 9.17) is 9.94 Å². The highest BCUT2D eigenvalue weighted by molar-refractivity contribution is 5.94. The zero-order chi connectivity index (χ0) is 11.0. The maximum atomic E-state index is 10.9. The second-order valence-electron chi connectivity index (χ2n) is 3.84. The normalized spacial score (nSPS) is 25.5. The number of carboxylic acids is 1. The summed E-state index contributed by atoms with van der Waals surface area (Å²) in [5.41, 5.74) is 0.764. The molecule has 0 aromatic carbocycles. The number of aliphatic carboxylic acids is 1. The highest BCUT2D eigenvalue weighted by Gasteiger charge is 2.38. The first-order chi connectivity index (χ1) is 7.08. The Hall–Kier alpha value is -1.59. The van der Waals surface area contributed by atoms with Crippen molar-refractivity contribution in [3.8, 4) is 0 Å². The summed E-state index contributed by atoms with van der Waals surface area (Å²) in [4.78, 5) is 28.0. The monoisotopic (exact) mass is 212 g/mol. The van der Waals surface area contributed by atoms with E-state index in [2.05, 4.69) is 5.16 Å². The van der Waals surface area contributed by atoms with Gasteiger partial charge in [0.15, 0.2) is 0 Å². The lowest BCUT2D eigenvalue weighted by molar-refractivity contribution is -0.148. The molecular weight excluding hydrogens is 200 g/mol. The van der Waals surface area contributed by atoms with Crippen molar-refractivity contribution in [2.45, 2.75) is 19.4 Å². The molecule has 0 aromatic rings. The van der Waals surface area contributed by atoms with Gasteiger partial charge in [0.1, 0.15) is 0 Å². The van der Waals surface area contributed by atoms with E-state index in [-0.39, 0.29) is 11.8 Å². The molecular formula is C9H12N2O4. The average Bonchev–Trinajstić information content (AvgIpc) is 2.49. The van der Waals surface area contributed by atoms with Crippen molar-refractivity contribution >= 4 is 17.6 Å². The van der Waals surface area contributed by atoms with Gasteiger partial charge in [-0.1, -0.05) is 5.16 Å². The van der Waals surface area contributed by atoms with Gasteiger partial charge in [-0.15, -0.1) is 0 Å². The topological polar surface area (TPSA) is 79.2 Å². The summed E-state index contributed by atoms with van der Waals surface area (Å²) < 4.78 is 0. The molecule has 0 radical (unpaired) electrons. The Labute approximate surface area is 86.5 Å². The number of amides is 1. The Bertz CT molecular complexity index is 333. The molecule has 2 aliphatic rings. The fraction of sp³-hybridized carbons (Fsp3) is 0.667. The number of carbonyl (C=O) groups excluding carboxylic acids is 1. The fourth-order valence-electron chi connectivity index (χ4n) is 1.72. The van der Waals surface area contributed by atoms with Crippen LogP contribution in [-0.4, -0.2) is 46.8 Å². The number of carbonyl (C=O) groups is 2. The summed E-state index contributed by atoms with van der Waals surface area (Å²) in [6.45, 7) is 2.77. The molecule has 6 nitrogen and oxygen atoms in total. The molecule has 2 heterocycles. The molecule has 1 fully saturated rings. The third-order valence-electron chi connectivity index (χ3n) is 2.77. The molecule has 1 amide bonds. The van der Waals surface area contributed by atoms with Crippen LogP contribution in [0.4, 0.5) is 0 Å². The van der Waals surface area contributed by atoms with Crippen LogP contribution >= 0.6 is 0 Å². The van der Waals surface area contributed by atoms with Crippen molar-refractivity contribution in [1.82, 2.24) is 4.90 Å². The van der Waals surface area contributed by atoms with E-state index < -0.39 is 12.1 Å². The van der Waals surface area contributed by atoms with Crippen LogP contribution in [0, 0.1) is 5.92 Å². The SMILES string of the molecule is CC(=O)N1CC(C2=NOC(C(=O)O)C2)C1. The summed E-state index contributed by atoms with van der Waals surface area (Å²) >= 11 is 0. The molecule has 2 rings (SSSR count). The van der Waals surface area contributed by atoms with Gasteiger partial charge in [0.2, 0.25) is 12.0 Å². The number of carboxylic acid groups (broad SMARTS) is 1. The van der Waals surface area contributed by atoms with Crippen molar-refractivity contribution in [1.29, 1.82) is 0 Å². The number of rotatable bonds is 2. The van der Waals surface area contributed by atoms with Crippen LogP contribution in [0.3, 0.4) is 0 Å². The van der Waals surface area contributed by atoms with Gasteiger partial charge in [-0.05, 0) is 0 Å². The van der Waals surface area contributed by atoms with Gasteiger partial charge in [0.25, 0.3) is 0 Å². The van der Waals surface area contributed by atoms with E-state index >= 15 is 0 Å². The first-order valence-electron chi connectivity index (χ1n) is 4.79. The molecule has 2 aliphatic heterocycles. The molecule has 1 N–H and O–H groups in total. The number of oxime groups is 1. The van der Waals surface area contributed by atoms with E-state index in [0.29, 0.717) is 19.5 Å². The zero-order valence-corrected chi connectivity index (χ0v) is 8.34. The standard InChI is InChI=1S/C9H12N2O4/c1-5(12)11-3-6(4-11)7-2-8(9(13)14)15-10-7/h6,8H,2-4H2,1H3,(H,13,14). The van der Waals surface area contributed by atoms with Crippen molar-refractivity contribution in [2.75, 3.05) is 13.1 Å². The summed E-state index contributed by atoms with van der Waals surface area (Å²) in [7, 11) is 0. The van der Waals surface area contributed by atoms with Crippen molar-refractivity contribution < 1.29 is 19.5 Å². The molecule has 0 saturated carbocycles. The Morgan fingerprint density at radius 3 is 2.67 bits per heavy atom. The minimum Gasteiger partial charge on any atom is -0.478 e. The molecule has 1 saturated heterocycles. The largest absolute Gasteiger partial charge is 0.478 e. The molecule has 6 heteroatoms. The van der Waals surface area contributed by atoms with E-state index in [1.54, 1.807) is 4.90 Å². The van der Waals surface area contributed by atoms with E-state index in [9.17, 15) is 9.59 Å². The molecule has 0 aliphatic carbocycles. The fourth-order valence-corrected chi connectivity index (χ4v) is 1.72. The molecule has 82 valence electrons. The summed E-state index contributed by atoms with van der Waals surface area (Å²) in [5.74, 6) is -0.768. The molecule has 15 heavy (non-hydrogen) atoms. The van der Waals surface area contributed by atoms with Crippen LogP contribution in [0.25, 0.3) is 0 Å². The molecule has 1 atom stereocenters. The van der Waals surface area contributed by atoms with Crippen LogP contribution < -0.4 is 0 Å². The van der Waals surface area contributed by atoms with Crippen LogP contribution in [0.1, 0.15) is 13.3 Å². The maximum absolute atomic E-state index is 10.9. The predicted octanol–water partition coefficient (Wildman–Crippen LogP) is -0.306. The van der Waals surface area contributed by atoms with E-state index in [0.717, 1.165) is 5.71 Å². The van der Waals surface area contributed by atoms with Gasteiger partial charge < -0.3 is 14.8 Å². The Morgan fingerprint density at radius 1 is 1.53 bits per heavy atom. The average molecular weight is 212 g/mol. The molecule has 0 aromatic heterocycles. The predicted molar refractivity (Wildman–Crippen MR) is 50.3 cm³/mol. The molecule has 0 bridgehead atoms.